The molecule has 0 amide bonds. The van der Waals surface area contributed by atoms with Crippen LogP contribution in [0.2, 0.25) is 0 Å². The van der Waals surface area contributed by atoms with Crippen LogP contribution in [-0.2, 0) is 7.05 Å². The molecule has 0 radical (unpaired) electrons. The van der Waals surface area contributed by atoms with Gasteiger partial charge in [-0.1, -0.05) is 48.2 Å². The predicted molar refractivity (Wildman–Crippen MR) is 91.8 cm³/mol. The van der Waals surface area contributed by atoms with E-state index < -0.39 is 0 Å². The summed E-state index contributed by atoms with van der Waals surface area (Å²) in [6, 6.07) is 14.7. The Morgan fingerprint density at radius 1 is 1.04 bits per heavy atom. The number of hydrogen-bond acceptors (Lipinski definition) is 3. The van der Waals surface area contributed by atoms with Crippen LogP contribution >= 0.6 is 11.8 Å². The molecule has 3 rings (SSSR count). The lowest BCUT2D eigenvalue weighted by Crippen LogP contribution is -1.98. The number of aryl methyl sites for hydroxylation is 1. The number of aromatic nitrogens is 3. The van der Waals surface area contributed by atoms with Crippen molar-refractivity contribution >= 4 is 11.8 Å². The summed E-state index contributed by atoms with van der Waals surface area (Å²) in [4.78, 5) is 0. The Balaban J connectivity index is 1.85. The van der Waals surface area contributed by atoms with E-state index >= 15 is 0 Å². The van der Waals surface area contributed by atoms with Crippen molar-refractivity contribution in [2.24, 2.45) is 7.05 Å². The third-order valence-corrected chi connectivity index (χ3v) is 5.03. The largest absolute Gasteiger partial charge is 0.305 e. The van der Waals surface area contributed by atoms with Gasteiger partial charge in [0.2, 0.25) is 0 Å². The van der Waals surface area contributed by atoms with Crippen molar-refractivity contribution in [1.29, 1.82) is 0 Å². The normalized spacial score (nSPS) is 12.3. The number of halogens is 1. The lowest BCUT2D eigenvalue weighted by Gasteiger charge is -2.11. The van der Waals surface area contributed by atoms with Crippen LogP contribution in [0.15, 0.2) is 53.7 Å². The summed E-state index contributed by atoms with van der Waals surface area (Å²) in [6.45, 7) is 4.15. The zero-order chi connectivity index (χ0) is 16.4. The Hall–Kier alpha value is -2.14. The first-order valence-electron chi connectivity index (χ1n) is 7.44. The van der Waals surface area contributed by atoms with E-state index in [-0.39, 0.29) is 11.1 Å². The Morgan fingerprint density at radius 3 is 2.43 bits per heavy atom. The van der Waals surface area contributed by atoms with Crippen LogP contribution in [0.1, 0.15) is 23.3 Å². The molecule has 0 spiro atoms. The fourth-order valence-electron chi connectivity index (χ4n) is 2.44. The average Bonchev–Trinajstić information content (AvgIpc) is 2.89. The number of hydrogen-bond donors (Lipinski definition) is 0. The monoisotopic (exact) mass is 327 g/mol. The van der Waals surface area contributed by atoms with E-state index in [2.05, 4.69) is 36.2 Å². The number of nitrogens with zero attached hydrogens (tertiary/aromatic N) is 3. The van der Waals surface area contributed by atoms with Crippen molar-refractivity contribution in [2.45, 2.75) is 24.3 Å². The summed E-state index contributed by atoms with van der Waals surface area (Å²) in [6.07, 6.45) is 0. The fraction of sp³-hybridized carbons (Fsp3) is 0.222. The van der Waals surface area contributed by atoms with Gasteiger partial charge >= 0.3 is 0 Å². The molecule has 1 aromatic heterocycles. The third-order valence-electron chi connectivity index (χ3n) is 3.84. The van der Waals surface area contributed by atoms with Crippen LogP contribution in [0.4, 0.5) is 4.39 Å². The van der Waals surface area contributed by atoms with Crippen LogP contribution in [0.5, 0.6) is 0 Å². The number of thioether (sulfide) groups is 1. The number of benzene rings is 2. The van der Waals surface area contributed by atoms with E-state index in [0.717, 1.165) is 22.1 Å². The van der Waals surface area contributed by atoms with Crippen molar-refractivity contribution in [3.8, 4) is 11.4 Å². The molecular weight excluding hydrogens is 309 g/mol. The molecule has 23 heavy (non-hydrogen) atoms. The smallest absolute Gasteiger partial charge is 0.191 e. The molecule has 0 unspecified atom stereocenters. The molecule has 0 saturated carbocycles. The highest BCUT2D eigenvalue weighted by Crippen LogP contribution is 2.35. The maximum Gasteiger partial charge on any atom is 0.191 e. The quantitative estimate of drug-likeness (QED) is 0.646. The van der Waals surface area contributed by atoms with E-state index in [0.29, 0.717) is 0 Å². The minimum Gasteiger partial charge on any atom is -0.305 e. The molecule has 3 nitrogen and oxygen atoms in total. The average molecular weight is 327 g/mol. The van der Waals surface area contributed by atoms with Gasteiger partial charge in [-0.25, -0.2) is 4.39 Å². The Kier molecular flexibility index (Phi) is 4.48. The second kappa shape index (κ2) is 6.54. The maximum absolute atomic E-state index is 13.0. The molecule has 3 aromatic rings. The summed E-state index contributed by atoms with van der Waals surface area (Å²) in [5.74, 6) is 0.642. The van der Waals surface area contributed by atoms with Crippen LogP contribution < -0.4 is 0 Å². The zero-order valence-corrected chi connectivity index (χ0v) is 14.1. The summed E-state index contributed by atoms with van der Waals surface area (Å²) < 4.78 is 15.0. The molecule has 0 bridgehead atoms. The van der Waals surface area contributed by atoms with Crippen LogP contribution in [0, 0.1) is 12.7 Å². The molecule has 0 saturated heterocycles. The molecule has 0 fully saturated rings. The van der Waals surface area contributed by atoms with Crippen LogP contribution in [-0.4, -0.2) is 14.8 Å². The summed E-state index contributed by atoms with van der Waals surface area (Å²) in [5.41, 5.74) is 3.33. The molecule has 1 atom stereocenters. The molecule has 0 aliphatic rings. The van der Waals surface area contributed by atoms with Crippen LogP contribution in [0.3, 0.4) is 0 Å². The van der Waals surface area contributed by atoms with Crippen molar-refractivity contribution < 1.29 is 4.39 Å². The van der Waals surface area contributed by atoms with Gasteiger partial charge < -0.3 is 4.57 Å². The topological polar surface area (TPSA) is 30.7 Å². The highest BCUT2D eigenvalue weighted by Gasteiger charge is 2.16. The van der Waals surface area contributed by atoms with Crippen molar-refractivity contribution in [3.63, 3.8) is 0 Å². The van der Waals surface area contributed by atoms with Gasteiger partial charge in [-0.05, 0) is 37.1 Å². The van der Waals surface area contributed by atoms with Gasteiger partial charge in [-0.15, -0.1) is 10.2 Å². The SMILES string of the molecule is Cc1ccccc1-c1nnc(S[C@H](C)c2ccc(F)cc2)n1C. The second-order valence-corrected chi connectivity index (χ2v) is 6.80. The Morgan fingerprint density at radius 2 is 1.74 bits per heavy atom. The first-order chi connectivity index (χ1) is 11.1. The molecule has 1 heterocycles. The molecule has 0 N–H and O–H groups in total. The first-order valence-corrected chi connectivity index (χ1v) is 8.31. The highest BCUT2D eigenvalue weighted by molar-refractivity contribution is 7.99. The molecular formula is C18H18FN3S. The van der Waals surface area contributed by atoms with E-state index in [9.17, 15) is 4.39 Å². The highest BCUT2D eigenvalue weighted by atomic mass is 32.2. The van der Waals surface area contributed by atoms with Gasteiger partial charge in [0.25, 0.3) is 0 Å². The van der Waals surface area contributed by atoms with E-state index in [1.165, 1.54) is 17.7 Å². The van der Waals surface area contributed by atoms with Crippen molar-refractivity contribution in [2.75, 3.05) is 0 Å². The first kappa shape index (κ1) is 15.7. The van der Waals surface area contributed by atoms with Gasteiger partial charge in [0, 0.05) is 17.9 Å². The van der Waals surface area contributed by atoms with E-state index in [1.807, 2.05) is 35.9 Å². The molecule has 0 aliphatic carbocycles. The molecule has 5 heteroatoms. The zero-order valence-electron chi connectivity index (χ0n) is 13.3. The van der Waals surface area contributed by atoms with Crippen LogP contribution in [0.25, 0.3) is 11.4 Å². The van der Waals surface area contributed by atoms with E-state index in [1.54, 1.807) is 11.8 Å². The lowest BCUT2D eigenvalue weighted by atomic mass is 10.1. The third kappa shape index (κ3) is 3.29. The summed E-state index contributed by atoms with van der Waals surface area (Å²) in [5, 5.41) is 9.67. The molecule has 2 aromatic carbocycles. The fourth-order valence-corrected chi connectivity index (χ4v) is 3.38. The second-order valence-electron chi connectivity index (χ2n) is 5.49. The summed E-state index contributed by atoms with van der Waals surface area (Å²) >= 11 is 1.62. The Bertz CT molecular complexity index is 811. The van der Waals surface area contributed by atoms with E-state index in [4.69, 9.17) is 0 Å². The van der Waals surface area contributed by atoms with Gasteiger partial charge in [0.15, 0.2) is 11.0 Å². The van der Waals surface area contributed by atoms with Gasteiger partial charge in [-0.2, -0.15) is 0 Å². The Labute approximate surface area is 139 Å². The summed E-state index contributed by atoms with van der Waals surface area (Å²) in [7, 11) is 1.97. The van der Waals surface area contributed by atoms with Crippen molar-refractivity contribution in [3.05, 3.63) is 65.5 Å². The van der Waals surface area contributed by atoms with Gasteiger partial charge in [0.1, 0.15) is 5.82 Å². The number of rotatable bonds is 4. The van der Waals surface area contributed by atoms with Gasteiger partial charge in [0.05, 0.1) is 0 Å². The van der Waals surface area contributed by atoms with Gasteiger partial charge in [-0.3, -0.25) is 0 Å². The minimum atomic E-state index is -0.216. The minimum absolute atomic E-state index is 0.170. The maximum atomic E-state index is 13.0. The standard InChI is InChI=1S/C18H18FN3S/c1-12-6-4-5-7-16(12)17-20-21-18(22(17)3)23-13(2)14-8-10-15(19)11-9-14/h4-11,13H,1-3H3/t13-/m1/s1. The van der Waals surface area contributed by atoms with Crippen molar-refractivity contribution in [1.82, 2.24) is 14.8 Å². The predicted octanol–water partition coefficient (Wildman–Crippen LogP) is 4.78. The molecule has 118 valence electrons. The lowest BCUT2D eigenvalue weighted by molar-refractivity contribution is 0.627. The molecule has 0 aliphatic heterocycles.